The summed E-state index contributed by atoms with van der Waals surface area (Å²) in [5.74, 6) is -0.537. The molecule has 0 unspecified atom stereocenters. The first-order valence-electron chi connectivity index (χ1n) is 9.08. The van der Waals surface area contributed by atoms with Gasteiger partial charge in [0.1, 0.15) is 5.82 Å². The van der Waals surface area contributed by atoms with Gasteiger partial charge in [-0.25, -0.2) is 4.39 Å². The van der Waals surface area contributed by atoms with Crippen LogP contribution in [0.25, 0.3) is 0 Å². The van der Waals surface area contributed by atoms with Gasteiger partial charge in [0.05, 0.1) is 6.42 Å². The molecule has 0 heterocycles. The van der Waals surface area contributed by atoms with Crippen LogP contribution in [0, 0.1) is 5.82 Å². The normalized spacial score (nSPS) is 10.4. The van der Waals surface area contributed by atoms with E-state index >= 15 is 0 Å². The summed E-state index contributed by atoms with van der Waals surface area (Å²) in [7, 11) is 0. The van der Waals surface area contributed by atoms with E-state index in [2.05, 4.69) is 41.8 Å². The fourth-order valence-electron chi connectivity index (χ4n) is 2.79. The van der Waals surface area contributed by atoms with Crippen LogP contribution < -0.4 is 10.6 Å². The van der Waals surface area contributed by atoms with Gasteiger partial charge in [-0.15, -0.1) is 0 Å². The minimum Gasteiger partial charge on any atom is -0.381 e. The number of amides is 1. The number of hydrogen-bond donors (Lipinski definition) is 2. The van der Waals surface area contributed by atoms with E-state index in [0.717, 1.165) is 24.2 Å². The highest BCUT2D eigenvalue weighted by Crippen LogP contribution is 2.14. The van der Waals surface area contributed by atoms with Gasteiger partial charge >= 0.3 is 0 Å². The minimum atomic E-state index is -0.368. The molecule has 0 aromatic heterocycles. The SMILES string of the molecule is CCc1ccc(CNc2ccc(CC(=O)Nc3cccc(F)c3)cc2)cc1. The van der Waals surface area contributed by atoms with E-state index in [1.165, 1.54) is 23.3 Å². The van der Waals surface area contributed by atoms with Crippen molar-refractivity contribution in [2.24, 2.45) is 0 Å². The number of carbonyl (C=O) groups is 1. The van der Waals surface area contributed by atoms with Crippen LogP contribution in [-0.2, 0) is 24.2 Å². The topological polar surface area (TPSA) is 41.1 Å². The lowest BCUT2D eigenvalue weighted by Gasteiger charge is -2.09. The molecule has 4 heteroatoms. The van der Waals surface area contributed by atoms with Gasteiger partial charge in [0, 0.05) is 17.9 Å². The van der Waals surface area contributed by atoms with Crippen molar-refractivity contribution in [3.63, 3.8) is 0 Å². The lowest BCUT2D eigenvalue weighted by atomic mass is 10.1. The Labute approximate surface area is 159 Å². The second-order valence-electron chi connectivity index (χ2n) is 6.46. The third kappa shape index (κ3) is 5.68. The molecule has 3 aromatic carbocycles. The highest BCUT2D eigenvalue weighted by atomic mass is 19.1. The third-order valence-electron chi connectivity index (χ3n) is 4.35. The number of rotatable bonds is 7. The van der Waals surface area contributed by atoms with Crippen LogP contribution in [-0.4, -0.2) is 5.91 Å². The molecule has 2 N–H and O–H groups in total. The third-order valence-corrected chi connectivity index (χ3v) is 4.35. The monoisotopic (exact) mass is 362 g/mol. The van der Waals surface area contributed by atoms with E-state index in [4.69, 9.17) is 0 Å². The molecule has 0 saturated heterocycles. The van der Waals surface area contributed by atoms with Crippen LogP contribution in [0.5, 0.6) is 0 Å². The molecule has 0 aliphatic carbocycles. The second-order valence-corrected chi connectivity index (χ2v) is 6.46. The molecule has 0 spiro atoms. The molecule has 0 atom stereocenters. The zero-order chi connectivity index (χ0) is 19.1. The summed E-state index contributed by atoms with van der Waals surface area (Å²) in [6, 6.07) is 22.2. The van der Waals surface area contributed by atoms with Gasteiger partial charge in [-0.1, -0.05) is 49.4 Å². The van der Waals surface area contributed by atoms with E-state index in [-0.39, 0.29) is 18.1 Å². The molecule has 3 aromatic rings. The van der Waals surface area contributed by atoms with Crippen molar-refractivity contribution in [3.8, 4) is 0 Å². The summed E-state index contributed by atoms with van der Waals surface area (Å²) in [5.41, 5.74) is 4.93. The summed E-state index contributed by atoms with van der Waals surface area (Å²) < 4.78 is 13.2. The molecule has 138 valence electrons. The fourth-order valence-corrected chi connectivity index (χ4v) is 2.79. The van der Waals surface area contributed by atoms with E-state index in [0.29, 0.717) is 5.69 Å². The first kappa shape index (κ1) is 18.6. The van der Waals surface area contributed by atoms with Crippen molar-refractivity contribution in [1.29, 1.82) is 0 Å². The Morgan fingerprint density at radius 1 is 0.852 bits per heavy atom. The molecule has 0 fully saturated rings. The molecule has 1 amide bonds. The standard InChI is InChI=1S/C23H23FN2O/c1-2-17-6-8-19(9-7-17)16-25-21-12-10-18(11-13-21)14-23(27)26-22-5-3-4-20(24)15-22/h3-13,15,25H,2,14,16H2,1H3,(H,26,27). The molecule has 3 rings (SSSR count). The smallest absolute Gasteiger partial charge is 0.228 e. The Hall–Kier alpha value is -3.14. The first-order valence-corrected chi connectivity index (χ1v) is 9.08. The van der Waals surface area contributed by atoms with Gasteiger partial charge in [0.2, 0.25) is 5.91 Å². The van der Waals surface area contributed by atoms with E-state index in [9.17, 15) is 9.18 Å². The summed E-state index contributed by atoms with van der Waals surface area (Å²) in [4.78, 5) is 12.1. The van der Waals surface area contributed by atoms with Crippen molar-refractivity contribution in [3.05, 3.63) is 95.3 Å². The maximum absolute atomic E-state index is 13.2. The minimum absolute atomic E-state index is 0.169. The largest absolute Gasteiger partial charge is 0.381 e. The fraction of sp³-hybridized carbons (Fsp3) is 0.174. The van der Waals surface area contributed by atoms with Crippen LogP contribution in [0.1, 0.15) is 23.6 Å². The van der Waals surface area contributed by atoms with Crippen LogP contribution in [0.15, 0.2) is 72.8 Å². The van der Waals surface area contributed by atoms with Crippen molar-refractivity contribution >= 4 is 17.3 Å². The van der Waals surface area contributed by atoms with Gasteiger partial charge < -0.3 is 10.6 Å². The average Bonchev–Trinajstić information content (AvgIpc) is 2.68. The van der Waals surface area contributed by atoms with Crippen molar-refractivity contribution < 1.29 is 9.18 Å². The molecule has 0 bridgehead atoms. The molecule has 27 heavy (non-hydrogen) atoms. The van der Waals surface area contributed by atoms with Crippen molar-refractivity contribution in [2.45, 2.75) is 26.3 Å². The van der Waals surface area contributed by atoms with Crippen LogP contribution in [0.3, 0.4) is 0 Å². The number of benzene rings is 3. The number of anilines is 2. The van der Waals surface area contributed by atoms with Gasteiger partial charge in [0.25, 0.3) is 0 Å². The highest BCUT2D eigenvalue weighted by molar-refractivity contribution is 5.92. The molecular formula is C23H23FN2O. The quantitative estimate of drug-likeness (QED) is 0.608. The second kappa shape index (κ2) is 8.99. The van der Waals surface area contributed by atoms with Gasteiger partial charge in [-0.3, -0.25) is 4.79 Å². The number of aryl methyl sites for hydroxylation is 1. The number of halogens is 1. The highest BCUT2D eigenvalue weighted by Gasteiger charge is 2.05. The Morgan fingerprint density at radius 2 is 1.52 bits per heavy atom. The van der Waals surface area contributed by atoms with Gasteiger partial charge in [-0.05, 0) is 53.4 Å². The Morgan fingerprint density at radius 3 is 2.19 bits per heavy atom. The number of hydrogen-bond acceptors (Lipinski definition) is 2. The molecule has 0 radical (unpaired) electrons. The first-order chi connectivity index (χ1) is 13.1. The van der Waals surface area contributed by atoms with Crippen molar-refractivity contribution in [1.82, 2.24) is 0 Å². The summed E-state index contributed by atoms with van der Waals surface area (Å²) >= 11 is 0. The maximum Gasteiger partial charge on any atom is 0.228 e. The Bertz CT molecular complexity index is 889. The van der Waals surface area contributed by atoms with Crippen LogP contribution in [0.2, 0.25) is 0 Å². The van der Waals surface area contributed by atoms with Crippen molar-refractivity contribution in [2.75, 3.05) is 10.6 Å². The molecular weight excluding hydrogens is 339 g/mol. The lowest BCUT2D eigenvalue weighted by Crippen LogP contribution is -2.14. The predicted molar refractivity (Wildman–Crippen MR) is 108 cm³/mol. The lowest BCUT2D eigenvalue weighted by molar-refractivity contribution is -0.115. The van der Waals surface area contributed by atoms with E-state index < -0.39 is 0 Å². The molecule has 0 aliphatic rings. The number of nitrogens with one attached hydrogen (secondary N) is 2. The summed E-state index contributed by atoms with van der Waals surface area (Å²) in [5, 5.41) is 6.09. The van der Waals surface area contributed by atoms with E-state index in [1.54, 1.807) is 12.1 Å². The molecule has 3 nitrogen and oxygen atoms in total. The van der Waals surface area contributed by atoms with Gasteiger partial charge in [0.15, 0.2) is 0 Å². The van der Waals surface area contributed by atoms with Gasteiger partial charge in [-0.2, -0.15) is 0 Å². The zero-order valence-corrected chi connectivity index (χ0v) is 15.3. The summed E-state index contributed by atoms with van der Waals surface area (Å²) in [6.45, 7) is 2.90. The van der Waals surface area contributed by atoms with Crippen LogP contribution in [0.4, 0.5) is 15.8 Å². The Kier molecular flexibility index (Phi) is 6.21. The zero-order valence-electron chi connectivity index (χ0n) is 15.3. The average molecular weight is 362 g/mol. The van der Waals surface area contributed by atoms with Crippen LogP contribution >= 0.6 is 0 Å². The number of carbonyl (C=O) groups excluding carboxylic acids is 1. The summed E-state index contributed by atoms with van der Waals surface area (Å²) in [6.07, 6.45) is 1.29. The molecule has 0 saturated carbocycles. The molecule has 0 aliphatic heterocycles. The van der Waals surface area contributed by atoms with E-state index in [1.807, 2.05) is 24.3 Å². The maximum atomic E-state index is 13.2. The Balaban J connectivity index is 1.51. The predicted octanol–water partition coefficient (Wildman–Crippen LogP) is 5.18.